The first-order valence-corrected chi connectivity index (χ1v) is 6.69. The lowest BCUT2D eigenvalue weighted by atomic mass is 10.2. The summed E-state index contributed by atoms with van der Waals surface area (Å²) in [4.78, 5) is 11.8. The first-order chi connectivity index (χ1) is 6.76. The summed E-state index contributed by atoms with van der Waals surface area (Å²) < 4.78 is 6.62. The number of amides is 1. The number of alkyl halides is 1. The summed E-state index contributed by atoms with van der Waals surface area (Å²) in [7, 11) is 0. The Hall–Kier alpha value is 0.230. The zero-order valence-electron chi connectivity index (χ0n) is 9.72. The highest BCUT2D eigenvalue weighted by molar-refractivity contribution is 9.09. The van der Waals surface area contributed by atoms with Gasteiger partial charge in [0, 0.05) is 11.4 Å². The molecule has 0 heterocycles. The van der Waals surface area contributed by atoms with Crippen molar-refractivity contribution in [1.82, 2.24) is 3.93 Å². The number of hydrogen-bond donors (Lipinski definition) is 0. The minimum Gasteiger partial charge on any atom is -0.443 e. The zero-order valence-corrected chi connectivity index (χ0v) is 12.9. The van der Waals surface area contributed by atoms with Gasteiger partial charge in [-0.1, -0.05) is 29.3 Å². The van der Waals surface area contributed by atoms with Crippen LogP contribution >= 0.6 is 32.1 Å². The standard InChI is InChI=1S/C10H19Br2NO2/c1-5-6-8(11)7-13(12)9(14)15-10(2,3)4/h8H,5-7H2,1-4H3. The summed E-state index contributed by atoms with van der Waals surface area (Å²) in [5, 5.41) is 0. The van der Waals surface area contributed by atoms with Gasteiger partial charge in [0.2, 0.25) is 0 Å². The van der Waals surface area contributed by atoms with Crippen LogP contribution < -0.4 is 0 Å². The number of nitrogens with zero attached hydrogens (tertiary/aromatic N) is 1. The van der Waals surface area contributed by atoms with Gasteiger partial charge < -0.3 is 4.74 Å². The molecule has 0 bridgehead atoms. The third-order valence-corrected chi connectivity index (χ3v) is 2.88. The smallest absolute Gasteiger partial charge is 0.420 e. The van der Waals surface area contributed by atoms with Crippen molar-refractivity contribution < 1.29 is 9.53 Å². The van der Waals surface area contributed by atoms with Crippen LogP contribution in [0.25, 0.3) is 0 Å². The van der Waals surface area contributed by atoms with E-state index in [0.29, 0.717) is 11.4 Å². The van der Waals surface area contributed by atoms with Gasteiger partial charge >= 0.3 is 6.09 Å². The number of ether oxygens (including phenoxy) is 1. The molecule has 1 unspecified atom stereocenters. The van der Waals surface area contributed by atoms with E-state index in [1.54, 1.807) is 0 Å². The Kier molecular flexibility index (Phi) is 6.84. The molecule has 90 valence electrons. The molecule has 0 spiro atoms. The molecule has 0 aliphatic heterocycles. The van der Waals surface area contributed by atoms with Crippen molar-refractivity contribution in [3.8, 4) is 0 Å². The average molecular weight is 345 g/mol. The van der Waals surface area contributed by atoms with Gasteiger partial charge in [-0.3, -0.25) is 0 Å². The molecule has 0 N–H and O–H groups in total. The van der Waals surface area contributed by atoms with Crippen LogP contribution in [0.4, 0.5) is 4.79 Å². The van der Waals surface area contributed by atoms with E-state index < -0.39 is 5.60 Å². The molecule has 15 heavy (non-hydrogen) atoms. The van der Waals surface area contributed by atoms with Crippen molar-refractivity contribution >= 4 is 38.2 Å². The van der Waals surface area contributed by atoms with Gasteiger partial charge in [0.05, 0.1) is 16.1 Å². The third kappa shape index (κ3) is 8.08. The summed E-state index contributed by atoms with van der Waals surface area (Å²) in [6, 6.07) is 0. The van der Waals surface area contributed by atoms with Crippen molar-refractivity contribution in [1.29, 1.82) is 0 Å². The Bertz CT molecular complexity index is 204. The lowest BCUT2D eigenvalue weighted by molar-refractivity contribution is 0.0415. The largest absolute Gasteiger partial charge is 0.443 e. The molecular formula is C10H19Br2NO2. The second-order valence-electron chi connectivity index (χ2n) is 4.41. The maximum atomic E-state index is 11.5. The van der Waals surface area contributed by atoms with Gasteiger partial charge in [-0.15, -0.1) is 0 Å². The highest BCUT2D eigenvalue weighted by Crippen LogP contribution is 2.16. The fraction of sp³-hybridized carbons (Fsp3) is 0.900. The highest BCUT2D eigenvalue weighted by Gasteiger charge is 2.22. The van der Waals surface area contributed by atoms with Crippen LogP contribution in [-0.4, -0.2) is 27.0 Å². The molecule has 0 aromatic heterocycles. The Morgan fingerprint density at radius 2 is 2.00 bits per heavy atom. The number of halogens is 2. The van der Waals surface area contributed by atoms with Gasteiger partial charge in [0.1, 0.15) is 5.60 Å². The van der Waals surface area contributed by atoms with E-state index >= 15 is 0 Å². The quantitative estimate of drug-likeness (QED) is 0.567. The van der Waals surface area contributed by atoms with E-state index in [0.717, 1.165) is 12.8 Å². The lowest BCUT2D eigenvalue weighted by Gasteiger charge is -2.24. The molecular weight excluding hydrogens is 326 g/mol. The van der Waals surface area contributed by atoms with Crippen molar-refractivity contribution in [2.45, 2.75) is 51.0 Å². The number of carbonyl (C=O) groups is 1. The fourth-order valence-electron chi connectivity index (χ4n) is 0.964. The molecule has 0 rings (SSSR count). The topological polar surface area (TPSA) is 29.5 Å². The van der Waals surface area contributed by atoms with E-state index in [9.17, 15) is 4.79 Å². The van der Waals surface area contributed by atoms with Crippen molar-refractivity contribution in [2.75, 3.05) is 6.54 Å². The maximum Gasteiger partial charge on any atom is 0.420 e. The predicted octanol–water partition coefficient (Wildman–Crippen LogP) is 4.10. The van der Waals surface area contributed by atoms with Crippen LogP contribution in [0, 0.1) is 0 Å². The molecule has 0 aliphatic carbocycles. The molecule has 0 aromatic rings. The molecule has 0 fully saturated rings. The van der Waals surface area contributed by atoms with Gasteiger partial charge in [-0.25, -0.2) is 8.72 Å². The van der Waals surface area contributed by atoms with Crippen LogP contribution in [0.15, 0.2) is 0 Å². The Morgan fingerprint density at radius 1 is 1.47 bits per heavy atom. The number of hydrogen-bond acceptors (Lipinski definition) is 2. The second kappa shape index (κ2) is 6.74. The number of rotatable bonds is 4. The molecule has 1 amide bonds. The van der Waals surface area contributed by atoms with Crippen LogP contribution in [0.3, 0.4) is 0 Å². The second-order valence-corrected chi connectivity index (χ2v) is 6.56. The van der Waals surface area contributed by atoms with Gasteiger partial charge in [-0.2, -0.15) is 0 Å². The first-order valence-electron chi connectivity index (χ1n) is 5.06. The van der Waals surface area contributed by atoms with E-state index in [1.807, 2.05) is 20.8 Å². The molecule has 0 aromatic carbocycles. The van der Waals surface area contributed by atoms with Crippen molar-refractivity contribution in [3.63, 3.8) is 0 Å². The molecule has 0 saturated heterocycles. The molecule has 1 atom stereocenters. The summed E-state index contributed by atoms with van der Waals surface area (Å²) >= 11 is 6.70. The van der Waals surface area contributed by atoms with Crippen LogP contribution in [-0.2, 0) is 4.74 Å². The average Bonchev–Trinajstić information content (AvgIpc) is 2.00. The monoisotopic (exact) mass is 343 g/mol. The summed E-state index contributed by atoms with van der Waals surface area (Å²) in [5.41, 5.74) is -0.449. The van der Waals surface area contributed by atoms with Crippen LogP contribution in [0.1, 0.15) is 40.5 Å². The molecule has 0 aliphatic rings. The summed E-state index contributed by atoms with van der Waals surface area (Å²) in [6.07, 6.45) is 1.78. The van der Waals surface area contributed by atoms with Crippen molar-refractivity contribution in [2.24, 2.45) is 0 Å². The summed E-state index contributed by atoms with van der Waals surface area (Å²) in [6.45, 7) is 8.26. The zero-order chi connectivity index (χ0) is 12.1. The van der Waals surface area contributed by atoms with Crippen LogP contribution in [0.5, 0.6) is 0 Å². The predicted molar refractivity (Wildman–Crippen MR) is 69.5 cm³/mol. The number of carbonyl (C=O) groups excluding carboxylic acids is 1. The highest BCUT2D eigenvalue weighted by atomic mass is 79.9. The third-order valence-electron chi connectivity index (χ3n) is 1.55. The maximum absolute atomic E-state index is 11.5. The van der Waals surface area contributed by atoms with Gasteiger partial charge in [0.25, 0.3) is 0 Å². The molecule has 3 nitrogen and oxygen atoms in total. The Morgan fingerprint density at radius 3 is 2.40 bits per heavy atom. The SMILES string of the molecule is CCCC(Br)CN(Br)C(=O)OC(C)(C)C. The lowest BCUT2D eigenvalue weighted by Crippen LogP contribution is -2.33. The fourth-order valence-corrected chi connectivity index (χ4v) is 2.52. The van der Waals surface area contributed by atoms with E-state index in [-0.39, 0.29) is 6.09 Å². The van der Waals surface area contributed by atoms with E-state index in [4.69, 9.17) is 4.74 Å². The Balaban J connectivity index is 3.99. The van der Waals surface area contributed by atoms with Crippen LogP contribution in [0.2, 0.25) is 0 Å². The Labute approximate surface area is 109 Å². The van der Waals surface area contributed by atoms with E-state index in [1.165, 1.54) is 3.93 Å². The van der Waals surface area contributed by atoms with Gasteiger partial charge in [0.15, 0.2) is 0 Å². The minimum absolute atomic E-state index is 0.300. The summed E-state index contributed by atoms with van der Waals surface area (Å²) in [5.74, 6) is 0. The normalized spacial score (nSPS) is 13.5. The molecule has 0 saturated carbocycles. The first kappa shape index (κ1) is 15.2. The molecule has 5 heteroatoms. The minimum atomic E-state index is -0.449. The van der Waals surface area contributed by atoms with E-state index in [2.05, 4.69) is 39.0 Å². The molecule has 0 radical (unpaired) electrons. The van der Waals surface area contributed by atoms with Crippen molar-refractivity contribution in [3.05, 3.63) is 0 Å². The van der Waals surface area contributed by atoms with Gasteiger partial charge in [-0.05, 0) is 27.2 Å².